The lowest BCUT2D eigenvalue weighted by Crippen LogP contribution is -2.15. The first-order valence-corrected chi connectivity index (χ1v) is 8.08. The number of nitrogens with zero attached hydrogens (tertiary/aromatic N) is 1. The zero-order valence-corrected chi connectivity index (χ0v) is 13.4. The molecule has 0 bridgehead atoms. The number of sulfonamides is 1. The molecule has 1 aromatic carbocycles. The fourth-order valence-corrected chi connectivity index (χ4v) is 3.21. The lowest BCUT2D eigenvalue weighted by Gasteiger charge is -2.11. The summed E-state index contributed by atoms with van der Waals surface area (Å²) in [5.74, 6) is 0.280. The molecule has 0 aliphatic heterocycles. The Labute approximate surface area is 126 Å². The molecule has 0 fully saturated rings. The van der Waals surface area contributed by atoms with Crippen LogP contribution in [0.3, 0.4) is 0 Å². The average Bonchev–Trinajstić information content (AvgIpc) is 2.33. The number of nitrogens with two attached hydrogens (primary N) is 1. The zero-order chi connectivity index (χ0) is 14.9. The van der Waals surface area contributed by atoms with Crippen molar-refractivity contribution < 1.29 is 8.42 Å². The third-order valence-electron chi connectivity index (χ3n) is 2.77. The van der Waals surface area contributed by atoms with Gasteiger partial charge in [0.15, 0.2) is 0 Å². The van der Waals surface area contributed by atoms with Crippen LogP contribution in [0.15, 0.2) is 39.8 Å². The Bertz CT molecular complexity index is 760. The maximum absolute atomic E-state index is 12.3. The van der Waals surface area contributed by atoms with Crippen LogP contribution in [-0.4, -0.2) is 13.4 Å². The van der Waals surface area contributed by atoms with Gasteiger partial charge in [-0.1, -0.05) is 0 Å². The first kappa shape index (κ1) is 14.8. The van der Waals surface area contributed by atoms with Crippen molar-refractivity contribution in [2.45, 2.75) is 18.7 Å². The fourth-order valence-electron chi connectivity index (χ4n) is 1.76. The number of nitrogen functional groups attached to an aromatic ring is 1. The van der Waals surface area contributed by atoms with Gasteiger partial charge in [-0.3, -0.25) is 4.72 Å². The summed E-state index contributed by atoms with van der Waals surface area (Å²) in [4.78, 5) is 4.22. The largest absolute Gasteiger partial charge is 0.399 e. The van der Waals surface area contributed by atoms with Crippen molar-refractivity contribution >= 4 is 37.5 Å². The van der Waals surface area contributed by atoms with Crippen LogP contribution >= 0.6 is 15.9 Å². The summed E-state index contributed by atoms with van der Waals surface area (Å²) in [6.45, 7) is 3.56. The van der Waals surface area contributed by atoms with Gasteiger partial charge in [-0.2, -0.15) is 0 Å². The highest BCUT2D eigenvalue weighted by Crippen LogP contribution is 2.22. The molecule has 20 heavy (non-hydrogen) atoms. The van der Waals surface area contributed by atoms with Crippen LogP contribution in [0.4, 0.5) is 11.5 Å². The highest BCUT2D eigenvalue weighted by atomic mass is 79.9. The van der Waals surface area contributed by atoms with Crippen molar-refractivity contribution in [3.05, 3.63) is 46.1 Å². The minimum absolute atomic E-state index is 0.189. The number of halogens is 1. The van der Waals surface area contributed by atoms with E-state index in [9.17, 15) is 8.42 Å². The predicted molar refractivity (Wildman–Crippen MR) is 83.1 cm³/mol. The molecular weight excluding hydrogens is 342 g/mol. The maximum Gasteiger partial charge on any atom is 0.263 e. The van der Waals surface area contributed by atoms with Gasteiger partial charge in [0.25, 0.3) is 10.0 Å². The van der Waals surface area contributed by atoms with Crippen molar-refractivity contribution in [3.63, 3.8) is 0 Å². The van der Waals surface area contributed by atoms with E-state index in [1.165, 1.54) is 6.07 Å². The normalized spacial score (nSPS) is 11.3. The van der Waals surface area contributed by atoms with Crippen LogP contribution < -0.4 is 10.5 Å². The standard InChI is InChI=1S/C13H14BrN3O2S/c1-8-6-13(16-7-11(8)14)17-20(18,19)12-4-3-10(15)5-9(12)2/h3-7H,15H2,1-2H3,(H,16,17). The molecule has 0 saturated carbocycles. The van der Waals surface area contributed by atoms with E-state index in [4.69, 9.17) is 5.73 Å². The van der Waals surface area contributed by atoms with Gasteiger partial charge >= 0.3 is 0 Å². The molecule has 5 nitrogen and oxygen atoms in total. The van der Waals surface area contributed by atoms with E-state index in [0.29, 0.717) is 11.3 Å². The minimum Gasteiger partial charge on any atom is -0.399 e. The molecule has 0 spiro atoms. The second-order valence-corrected chi connectivity index (χ2v) is 6.95. The van der Waals surface area contributed by atoms with Gasteiger partial charge in [-0.05, 0) is 65.2 Å². The Morgan fingerprint density at radius 2 is 1.90 bits per heavy atom. The third kappa shape index (κ3) is 3.10. The molecular formula is C13H14BrN3O2S. The van der Waals surface area contributed by atoms with E-state index in [1.54, 1.807) is 31.3 Å². The van der Waals surface area contributed by atoms with Crippen molar-refractivity contribution in [2.75, 3.05) is 10.5 Å². The Balaban J connectivity index is 2.38. The number of hydrogen-bond acceptors (Lipinski definition) is 4. The molecule has 0 atom stereocenters. The van der Waals surface area contributed by atoms with Crippen molar-refractivity contribution in [3.8, 4) is 0 Å². The van der Waals surface area contributed by atoms with Crippen LogP contribution in [0.2, 0.25) is 0 Å². The number of rotatable bonds is 3. The summed E-state index contributed by atoms with van der Waals surface area (Å²) < 4.78 is 27.9. The van der Waals surface area contributed by atoms with Crippen molar-refractivity contribution in [1.29, 1.82) is 0 Å². The molecule has 0 aliphatic carbocycles. The maximum atomic E-state index is 12.3. The Hall–Kier alpha value is -1.60. The SMILES string of the molecule is Cc1cc(NS(=O)(=O)c2ccc(N)cc2C)ncc1Br. The topological polar surface area (TPSA) is 85.1 Å². The molecule has 0 radical (unpaired) electrons. The summed E-state index contributed by atoms with van der Waals surface area (Å²) in [6.07, 6.45) is 1.56. The van der Waals surface area contributed by atoms with Crippen LogP contribution in [0, 0.1) is 13.8 Å². The summed E-state index contributed by atoms with van der Waals surface area (Å²) in [5, 5.41) is 0. The highest BCUT2D eigenvalue weighted by Gasteiger charge is 2.17. The van der Waals surface area contributed by atoms with Crippen LogP contribution in [0.1, 0.15) is 11.1 Å². The van der Waals surface area contributed by atoms with Gasteiger partial charge in [0.2, 0.25) is 0 Å². The van der Waals surface area contributed by atoms with Gasteiger partial charge in [-0.25, -0.2) is 13.4 Å². The van der Waals surface area contributed by atoms with Gasteiger partial charge in [0.1, 0.15) is 5.82 Å². The summed E-state index contributed by atoms with van der Waals surface area (Å²) >= 11 is 3.32. The van der Waals surface area contributed by atoms with Crippen LogP contribution in [0.5, 0.6) is 0 Å². The fraction of sp³-hybridized carbons (Fsp3) is 0.154. The second-order valence-electron chi connectivity index (χ2n) is 4.45. The molecule has 106 valence electrons. The summed E-state index contributed by atoms with van der Waals surface area (Å²) in [5.41, 5.74) is 7.64. The van der Waals surface area contributed by atoms with E-state index >= 15 is 0 Å². The second kappa shape index (κ2) is 5.41. The number of hydrogen-bond donors (Lipinski definition) is 2. The molecule has 0 aliphatic rings. The van der Waals surface area contributed by atoms with Gasteiger partial charge in [-0.15, -0.1) is 0 Å². The van der Waals surface area contributed by atoms with Crippen molar-refractivity contribution in [1.82, 2.24) is 4.98 Å². The average molecular weight is 356 g/mol. The minimum atomic E-state index is -3.67. The predicted octanol–water partition coefficient (Wildman–Crippen LogP) is 2.84. The number of aromatic nitrogens is 1. The molecule has 3 N–H and O–H groups in total. The Kier molecular flexibility index (Phi) is 4.01. The smallest absolute Gasteiger partial charge is 0.263 e. The molecule has 2 rings (SSSR count). The Morgan fingerprint density at radius 1 is 1.20 bits per heavy atom. The number of nitrogens with one attached hydrogen (secondary N) is 1. The lowest BCUT2D eigenvalue weighted by molar-refractivity contribution is 0.600. The van der Waals surface area contributed by atoms with Gasteiger partial charge < -0.3 is 5.73 Å². The van der Waals surface area contributed by atoms with Crippen LogP contribution in [-0.2, 0) is 10.0 Å². The third-order valence-corrected chi connectivity index (χ3v) is 5.12. The first-order chi connectivity index (χ1) is 9.29. The van der Waals surface area contributed by atoms with E-state index in [0.717, 1.165) is 10.0 Å². The van der Waals surface area contributed by atoms with Crippen LogP contribution in [0.25, 0.3) is 0 Å². The first-order valence-electron chi connectivity index (χ1n) is 5.81. The molecule has 7 heteroatoms. The van der Waals surface area contributed by atoms with E-state index in [1.807, 2.05) is 6.92 Å². The Morgan fingerprint density at radius 3 is 2.50 bits per heavy atom. The zero-order valence-electron chi connectivity index (χ0n) is 11.0. The highest BCUT2D eigenvalue weighted by molar-refractivity contribution is 9.10. The van der Waals surface area contributed by atoms with E-state index < -0.39 is 10.0 Å². The van der Waals surface area contributed by atoms with E-state index in [-0.39, 0.29) is 10.7 Å². The molecule has 1 heterocycles. The molecule has 1 aromatic heterocycles. The summed E-state index contributed by atoms with van der Waals surface area (Å²) in [7, 11) is -3.67. The summed E-state index contributed by atoms with van der Waals surface area (Å²) in [6, 6.07) is 6.32. The molecule has 0 unspecified atom stereocenters. The van der Waals surface area contributed by atoms with E-state index in [2.05, 4.69) is 25.6 Å². The number of pyridine rings is 1. The number of aryl methyl sites for hydroxylation is 2. The number of benzene rings is 1. The molecule has 2 aromatic rings. The number of anilines is 2. The monoisotopic (exact) mass is 355 g/mol. The quantitative estimate of drug-likeness (QED) is 0.829. The lowest BCUT2D eigenvalue weighted by atomic mass is 10.2. The molecule has 0 amide bonds. The van der Waals surface area contributed by atoms with Gasteiger partial charge in [0.05, 0.1) is 4.90 Å². The molecule has 0 saturated heterocycles. The van der Waals surface area contributed by atoms with Crippen molar-refractivity contribution in [2.24, 2.45) is 0 Å². The van der Waals surface area contributed by atoms with Gasteiger partial charge in [0, 0.05) is 16.4 Å².